The van der Waals surface area contributed by atoms with Crippen molar-refractivity contribution >= 4 is 134 Å². The highest BCUT2D eigenvalue weighted by molar-refractivity contribution is 6.58. The van der Waals surface area contributed by atoms with Gasteiger partial charge in [-0.25, -0.2) is 4.79 Å². The summed E-state index contributed by atoms with van der Waals surface area (Å²) in [6.07, 6.45) is 0. The lowest BCUT2D eigenvalue weighted by Gasteiger charge is -2.31. The highest BCUT2D eigenvalue weighted by Gasteiger charge is 2.50. The van der Waals surface area contributed by atoms with Crippen molar-refractivity contribution in [3.63, 3.8) is 0 Å². The van der Waals surface area contributed by atoms with E-state index in [0.29, 0.717) is 0 Å². The molecule has 29 heavy (non-hydrogen) atoms. The number of benzene rings is 2. The molecular formula is C16H5Cl11O2. The minimum Gasteiger partial charge on any atom is -0.464 e. The number of hydrogen-bond acceptors (Lipinski definition) is 2. The quantitative estimate of drug-likeness (QED) is 0.147. The molecule has 0 spiro atoms. The van der Waals surface area contributed by atoms with Crippen molar-refractivity contribution in [1.29, 1.82) is 0 Å². The van der Waals surface area contributed by atoms with Crippen LogP contribution in [-0.2, 0) is 14.4 Å². The Morgan fingerprint density at radius 2 is 0.862 bits per heavy atom. The van der Waals surface area contributed by atoms with Crippen LogP contribution in [0.15, 0.2) is 0 Å². The van der Waals surface area contributed by atoms with Gasteiger partial charge in [0.25, 0.3) is 0 Å². The summed E-state index contributed by atoms with van der Waals surface area (Å²) in [7, 11) is 0. The number of carbonyl (C=O) groups is 1. The van der Waals surface area contributed by atoms with Crippen LogP contribution in [0.2, 0.25) is 50.2 Å². The van der Waals surface area contributed by atoms with Crippen LogP contribution in [0.3, 0.4) is 0 Å². The summed E-state index contributed by atoms with van der Waals surface area (Å²) in [5.41, 5.74) is -0.558. The molecule has 0 unspecified atom stereocenters. The first-order valence-electron chi connectivity index (χ1n) is 7.23. The molecule has 2 rings (SSSR count). The van der Waals surface area contributed by atoms with Crippen LogP contribution in [0.25, 0.3) is 0 Å². The lowest BCUT2D eigenvalue weighted by Crippen LogP contribution is -2.35. The van der Waals surface area contributed by atoms with E-state index in [0.717, 1.165) is 0 Å². The predicted molar refractivity (Wildman–Crippen MR) is 126 cm³/mol. The Hall–Kier alpha value is 1.10. The van der Waals surface area contributed by atoms with Gasteiger partial charge < -0.3 is 4.74 Å². The van der Waals surface area contributed by atoms with Crippen molar-refractivity contribution in [3.05, 3.63) is 61.4 Å². The molecule has 0 amide bonds. The molecule has 0 aliphatic rings. The smallest absolute Gasteiger partial charge is 0.336 e. The molecule has 0 fully saturated rings. The van der Waals surface area contributed by atoms with Gasteiger partial charge in [-0.1, -0.05) is 128 Å². The highest BCUT2D eigenvalue weighted by Crippen LogP contribution is 2.57. The topological polar surface area (TPSA) is 26.3 Å². The van der Waals surface area contributed by atoms with Crippen LogP contribution in [0.4, 0.5) is 0 Å². The van der Waals surface area contributed by atoms with Crippen molar-refractivity contribution in [2.75, 3.05) is 6.61 Å². The van der Waals surface area contributed by atoms with Crippen molar-refractivity contribution in [3.8, 4) is 0 Å². The van der Waals surface area contributed by atoms with Gasteiger partial charge in [-0.2, -0.15) is 0 Å². The van der Waals surface area contributed by atoms with E-state index in [1.54, 1.807) is 6.92 Å². The van der Waals surface area contributed by atoms with E-state index >= 15 is 0 Å². The van der Waals surface area contributed by atoms with Crippen LogP contribution < -0.4 is 0 Å². The zero-order valence-corrected chi connectivity index (χ0v) is 22.0. The second-order valence-corrected chi connectivity index (χ2v) is 9.62. The fraction of sp³-hybridized carbons (Fsp3) is 0.188. The second-order valence-electron chi connectivity index (χ2n) is 5.27. The number of halogens is 11. The van der Waals surface area contributed by atoms with E-state index in [1.807, 2.05) is 0 Å². The van der Waals surface area contributed by atoms with Gasteiger partial charge in [-0.05, 0) is 6.92 Å². The number of ether oxygens (including phenoxy) is 1. The first-order valence-corrected chi connectivity index (χ1v) is 11.4. The Balaban J connectivity index is 3.13. The Kier molecular flexibility index (Phi) is 9.03. The number of rotatable bonds is 4. The third-order valence-electron chi connectivity index (χ3n) is 3.67. The van der Waals surface area contributed by atoms with Gasteiger partial charge in [-0.15, -0.1) is 0 Å². The zero-order chi connectivity index (χ0) is 22.4. The lowest BCUT2D eigenvalue weighted by molar-refractivity contribution is -0.145. The van der Waals surface area contributed by atoms with Gasteiger partial charge >= 0.3 is 5.97 Å². The molecule has 0 heterocycles. The van der Waals surface area contributed by atoms with Crippen LogP contribution in [0, 0.1) is 0 Å². The molecule has 158 valence electrons. The number of carbonyl (C=O) groups excluding carboxylic acids is 1. The molecule has 13 heteroatoms. The Labute approximate surface area is 221 Å². The molecule has 0 N–H and O–H groups in total. The average molecular weight is 619 g/mol. The van der Waals surface area contributed by atoms with Gasteiger partial charge in [0.15, 0.2) is 4.87 Å². The minimum atomic E-state index is -2.37. The number of hydrogen-bond donors (Lipinski definition) is 0. The van der Waals surface area contributed by atoms with Gasteiger partial charge in [0, 0.05) is 11.1 Å². The average Bonchev–Trinajstić information content (AvgIpc) is 2.68. The molecular weight excluding hydrogens is 614 g/mol. The van der Waals surface area contributed by atoms with E-state index in [-0.39, 0.29) is 68.0 Å². The molecule has 0 aliphatic carbocycles. The molecule has 0 atom stereocenters. The standard InChI is InChI=1S/C16H5Cl11O2/c1-2-29-15(28)16(27,3-5(17)9(21)13(25)10(22)6(3)18)4-7(19)11(23)14(26)12(24)8(4)20/h2H2,1H3. The summed E-state index contributed by atoms with van der Waals surface area (Å²) in [6, 6.07) is 0. The van der Waals surface area contributed by atoms with Gasteiger partial charge in [0.1, 0.15) is 0 Å². The van der Waals surface area contributed by atoms with Crippen LogP contribution >= 0.6 is 128 Å². The SMILES string of the molecule is CCOC(=O)C(Cl)(c1c(Cl)c(Cl)c(Cl)c(Cl)c1Cl)c1c(Cl)c(Cl)c(Cl)c(Cl)c1Cl. The fourth-order valence-electron chi connectivity index (χ4n) is 2.37. The zero-order valence-electron chi connectivity index (χ0n) is 13.7. The highest BCUT2D eigenvalue weighted by atomic mass is 35.5. The third kappa shape index (κ3) is 4.35. The summed E-state index contributed by atoms with van der Waals surface area (Å²) in [5.74, 6) is -1.06. The molecule has 0 aliphatic heterocycles. The van der Waals surface area contributed by atoms with Crippen molar-refractivity contribution in [2.45, 2.75) is 11.8 Å². The van der Waals surface area contributed by atoms with E-state index in [4.69, 9.17) is 132 Å². The van der Waals surface area contributed by atoms with E-state index < -0.39 is 10.8 Å². The molecule has 0 radical (unpaired) electrons. The maximum Gasteiger partial charge on any atom is 0.336 e. The largest absolute Gasteiger partial charge is 0.464 e. The normalized spacial score (nSPS) is 11.7. The first-order chi connectivity index (χ1) is 13.3. The van der Waals surface area contributed by atoms with Gasteiger partial charge in [0.2, 0.25) is 0 Å². The molecule has 0 bridgehead atoms. The predicted octanol–water partition coefficient (Wildman–Crippen LogP) is 10.3. The van der Waals surface area contributed by atoms with Crippen LogP contribution in [0.1, 0.15) is 18.1 Å². The second kappa shape index (κ2) is 9.93. The lowest BCUT2D eigenvalue weighted by atomic mass is 9.89. The van der Waals surface area contributed by atoms with E-state index in [2.05, 4.69) is 0 Å². The molecule has 2 aromatic carbocycles. The minimum absolute atomic E-state index is 0.0676. The maximum atomic E-state index is 13.1. The molecule has 2 aromatic rings. The summed E-state index contributed by atoms with van der Waals surface area (Å²) < 4.78 is 5.11. The monoisotopic (exact) mass is 614 g/mol. The summed E-state index contributed by atoms with van der Waals surface area (Å²) in [4.78, 5) is 10.7. The molecule has 0 aromatic heterocycles. The van der Waals surface area contributed by atoms with Gasteiger partial charge in [0.05, 0.1) is 56.8 Å². The summed E-state index contributed by atoms with van der Waals surface area (Å²) in [6.45, 7) is 1.48. The van der Waals surface area contributed by atoms with Crippen molar-refractivity contribution < 1.29 is 9.53 Å². The van der Waals surface area contributed by atoms with Crippen molar-refractivity contribution in [2.24, 2.45) is 0 Å². The number of esters is 1. The summed E-state index contributed by atoms with van der Waals surface area (Å²) in [5, 5.41) is -2.33. The third-order valence-corrected chi connectivity index (χ3v) is 8.75. The van der Waals surface area contributed by atoms with E-state index in [9.17, 15) is 4.79 Å². The Morgan fingerprint density at radius 1 is 0.621 bits per heavy atom. The first kappa shape index (κ1) is 26.4. The van der Waals surface area contributed by atoms with E-state index in [1.165, 1.54) is 0 Å². The molecule has 0 saturated heterocycles. The fourth-order valence-corrected chi connectivity index (χ4v) is 5.84. The molecule has 0 saturated carbocycles. The Bertz CT molecular complexity index is 891. The summed E-state index contributed by atoms with van der Waals surface area (Å²) >= 11 is 68.8. The van der Waals surface area contributed by atoms with Crippen molar-refractivity contribution in [1.82, 2.24) is 0 Å². The maximum absolute atomic E-state index is 13.1. The van der Waals surface area contributed by atoms with Crippen LogP contribution in [0.5, 0.6) is 0 Å². The molecule has 2 nitrogen and oxygen atoms in total. The van der Waals surface area contributed by atoms with Gasteiger partial charge in [-0.3, -0.25) is 0 Å². The Morgan fingerprint density at radius 3 is 1.10 bits per heavy atom. The number of alkyl halides is 1. The van der Waals surface area contributed by atoms with Crippen LogP contribution in [-0.4, -0.2) is 12.6 Å².